The van der Waals surface area contributed by atoms with Crippen LogP contribution in [0.2, 0.25) is 0 Å². The molecule has 1 N–H and O–H groups in total. The van der Waals surface area contributed by atoms with E-state index >= 15 is 0 Å². The van der Waals surface area contributed by atoms with Crippen LogP contribution in [0.1, 0.15) is 52.4 Å². The fourth-order valence-corrected chi connectivity index (χ4v) is 3.07. The van der Waals surface area contributed by atoms with Crippen LogP contribution >= 0.6 is 0 Å². The number of nitrogens with one attached hydrogen (secondary N) is 1. The van der Waals surface area contributed by atoms with Crippen LogP contribution in [-0.4, -0.2) is 38.1 Å². The molecule has 1 fully saturated rings. The second-order valence-electron chi connectivity index (χ2n) is 5.62. The van der Waals surface area contributed by atoms with Crippen molar-refractivity contribution >= 4 is 0 Å². The maximum atomic E-state index is 3.60. The van der Waals surface area contributed by atoms with E-state index in [9.17, 15) is 0 Å². The Hall–Kier alpha value is -0.0800. The third kappa shape index (κ3) is 4.42. The SMILES string of the molecule is CCCCN(C)CC1(CCC)CCCNC1. The molecule has 1 heterocycles. The van der Waals surface area contributed by atoms with Gasteiger partial charge in [-0.1, -0.05) is 26.7 Å². The quantitative estimate of drug-likeness (QED) is 0.718. The first-order valence-corrected chi connectivity index (χ1v) is 7.12. The highest BCUT2D eigenvalue weighted by Gasteiger charge is 2.31. The lowest BCUT2D eigenvalue weighted by Gasteiger charge is -2.40. The fourth-order valence-electron chi connectivity index (χ4n) is 3.07. The molecule has 1 saturated heterocycles. The number of hydrogen-bond donors (Lipinski definition) is 1. The van der Waals surface area contributed by atoms with Crippen LogP contribution in [0.5, 0.6) is 0 Å². The third-order valence-corrected chi connectivity index (χ3v) is 3.84. The zero-order chi connectivity index (χ0) is 11.9. The summed E-state index contributed by atoms with van der Waals surface area (Å²) in [6.07, 6.45) is 8.14. The summed E-state index contributed by atoms with van der Waals surface area (Å²) in [6.45, 7) is 9.61. The van der Waals surface area contributed by atoms with Crippen molar-refractivity contribution in [2.24, 2.45) is 5.41 Å². The van der Waals surface area contributed by atoms with Gasteiger partial charge in [-0.05, 0) is 51.2 Å². The summed E-state index contributed by atoms with van der Waals surface area (Å²) < 4.78 is 0. The van der Waals surface area contributed by atoms with Crippen LogP contribution in [0, 0.1) is 5.41 Å². The van der Waals surface area contributed by atoms with E-state index in [0.29, 0.717) is 5.41 Å². The van der Waals surface area contributed by atoms with Crippen LogP contribution in [0.3, 0.4) is 0 Å². The Morgan fingerprint density at radius 1 is 1.25 bits per heavy atom. The van der Waals surface area contributed by atoms with Gasteiger partial charge in [0.1, 0.15) is 0 Å². The van der Waals surface area contributed by atoms with Crippen LogP contribution in [0.4, 0.5) is 0 Å². The average molecular weight is 226 g/mol. The van der Waals surface area contributed by atoms with Crippen molar-refractivity contribution in [3.63, 3.8) is 0 Å². The van der Waals surface area contributed by atoms with Crippen molar-refractivity contribution in [1.29, 1.82) is 0 Å². The summed E-state index contributed by atoms with van der Waals surface area (Å²) >= 11 is 0. The molecule has 1 unspecified atom stereocenters. The molecular formula is C14H30N2. The molecule has 1 atom stereocenters. The summed E-state index contributed by atoms with van der Waals surface area (Å²) in [5.74, 6) is 0. The predicted octanol–water partition coefficient (Wildman–Crippen LogP) is 2.89. The van der Waals surface area contributed by atoms with Gasteiger partial charge in [-0.25, -0.2) is 0 Å². The third-order valence-electron chi connectivity index (χ3n) is 3.84. The van der Waals surface area contributed by atoms with Crippen molar-refractivity contribution in [2.75, 3.05) is 33.2 Å². The van der Waals surface area contributed by atoms with Gasteiger partial charge in [-0.15, -0.1) is 0 Å². The standard InChI is InChI=1S/C14H30N2/c1-4-6-11-16(3)13-14(8-5-2)9-7-10-15-12-14/h15H,4-13H2,1-3H3. The maximum absolute atomic E-state index is 3.60. The Morgan fingerprint density at radius 3 is 2.62 bits per heavy atom. The van der Waals surface area contributed by atoms with Gasteiger partial charge in [0.05, 0.1) is 0 Å². The molecule has 0 radical (unpaired) electrons. The van der Waals surface area contributed by atoms with E-state index in [0.717, 1.165) is 0 Å². The van der Waals surface area contributed by atoms with E-state index < -0.39 is 0 Å². The highest BCUT2D eigenvalue weighted by molar-refractivity contribution is 4.87. The highest BCUT2D eigenvalue weighted by atomic mass is 15.1. The smallest absolute Gasteiger partial charge is 0.00471 e. The molecule has 1 aliphatic heterocycles. The maximum Gasteiger partial charge on any atom is 0.00471 e. The largest absolute Gasteiger partial charge is 0.316 e. The Morgan fingerprint density at radius 2 is 2.06 bits per heavy atom. The lowest BCUT2D eigenvalue weighted by atomic mass is 9.76. The first-order chi connectivity index (χ1) is 7.72. The Balaban J connectivity index is 2.42. The molecule has 2 heteroatoms. The van der Waals surface area contributed by atoms with E-state index in [4.69, 9.17) is 0 Å². The predicted molar refractivity (Wildman–Crippen MR) is 71.8 cm³/mol. The normalized spacial score (nSPS) is 26.2. The van der Waals surface area contributed by atoms with Crippen molar-refractivity contribution in [1.82, 2.24) is 10.2 Å². The van der Waals surface area contributed by atoms with E-state index in [-0.39, 0.29) is 0 Å². The average Bonchev–Trinajstić information content (AvgIpc) is 2.28. The molecule has 0 aromatic heterocycles. The molecular weight excluding hydrogens is 196 g/mol. The monoisotopic (exact) mass is 226 g/mol. The molecule has 0 bridgehead atoms. The van der Waals surface area contributed by atoms with Gasteiger partial charge in [0, 0.05) is 13.1 Å². The fraction of sp³-hybridized carbons (Fsp3) is 1.00. The summed E-state index contributed by atoms with van der Waals surface area (Å²) in [6, 6.07) is 0. The van der Waals surface area contributed by atoms with Gasteiger partial charge < -0.3 is 10.2 Å². The van der Waals surface area contributed by atoms with E-state index in [1.807, 2.05) is 0 Å². The molecule has 0 spiro atoms. The zero-order valence-corrected chi connectivity index (χ0v) is 11.5. The van der Waals surface area contributed by atoms with Crippen LogP contribution in [-0.2, 0) is 0 Å². The molecule has 0 saturated carbocycles. The van der Waals surface area contributed by atoms with Crippen molar-refractivity contribution < 1.29 is 0 Å². The summed E-state index contributed by atoms with van der Waals surface area (Å²) in [4.78, 5) is 2.55. The van der Waals surface area contributed by atoms with E-state index in [1.165, 1.54) is 64.7 Å². The van der Waals surface area contributed by atoms with Gasteiger partial charge in [0.15, 0.2) is 0 Å². The molecule has 2 nitrogen and oxygen atoms in total. The second-order valence-corrected chi connectivity index (χ2v) is 5.62. The number of unbranched alkanes of at least 4 members (excludes halogenated alkanes) is 1. The van der Waals surface area contributed by atoms with E-state index in [1.54, 1.807) is 0 Å². The zero-order valence-electron chi connectivity index (χ0n) is 11.5. The molecule has 1 aliphatic rings. The topological polar surface area (TPSA) is 15.3 Å². The Kier molecular flexibility index (Phi) is 6.37. The molecule has 96 valence electrons. The van der Waals surface area contributed by atoms with Crippen LogP contribution in [0.15, 0.2) is 0 Å². The van der Waals surface area contributed by atoms with Gasteiger partial charge in [-0.2, -0.15) is 0 Å². The number of nitrogens with zero attached hydrogens (tertiary/aromatic N) is 1. The number of rotatable bonds is 7. The first kappa shape index (κ1) is 14.0. The molecule has 0 aliphatic carbocycles. The Bertz CT molecular complexity index is 168. The van der Waals surface area contributed by atoms with Crippen molar-refractivity contribution in [3.8, 4) is 0 Å². The molecule has 0 aromatic carbocycles. The van der Waals surface area contributed by atoms with E-state index in [2.05, 4.69) is 31.1 Å². The van der Waals surface area contributed by atoms with Gasteiger partial charge >= 0.3 is 0 Å². The van der Waals surface area contributed by atoms with Crippen molar-refractivity contribution in [3.05, 3.63) is 0 Å². The lowest BCUT2D eigenvalue weighted by Crippen LogP contribution is -2.46. The molecule has 16 heavy (non-hydrogen) atoms. The highest BCUT2D eigenvalue weighted by Crippen LogP contribution is 2.32. The number of piperidine rings is 1. The summed E-state index contributed by atoms with van der Waals surface area (Å²) in [5.41, 5.74) is 0.565. The van der Waals surface area contributed by atoms with Crippen LogP contribution < -0.4 is 5.32 Å². The first-order valence-electron chi connectivity index (χ1n) is 7.12. The summed E-state index contributed by atoms with van der Waals surface area (Å²) in [7, 11) is 2.29. The second kappa shape index (κ2) is 7.29. The van der Waals surface area contributed by atoms with Gasteiger partial charge in [0.25, 0.3) is 0 Å². The van der Waals surface area contributed by atoms with Crippen molar-refractivity contribution in [2.45, 2.75) is 52.4 Å². The molecule has 0 amide bonds. The minimum absolute atomic E-state index is 0.565. The lowest BCUT2D eigenvalue weighted by molar-refractivity contribution is 0.121. The van der Waals surface area contributed by atoms with Crippen LogP contribution in [0.25, 0.3) is 0 Å². The minimum atomic E-state index is 0.565. The minimum Gasteiger partial charge on any atom is -0.316 e. The number of hydrogen-bond acceptors (Lipinski definition) is 2. The molecule has 1 rings (SSSR count). The van der Waals surface area contributed by atoms with Gasteiger partial charge in [0.2, 0.25) is 0 Å². The van der Waals surface area contributed by atoms with Gasteiger partial charge in [-0.3, -0.25) is 0 Å². The molecule has 0 aromatic rings. The Labute approximate surface area is 102 Å². The summed E-state index contributed by atoms with van der Waals surface area (Å²) in [5, 5.41) is 3.60.